The Kier molecular flexibility index (Phi) is 7.14. The molecule has 0 saturated heterocycles. The van der Waals surface area contributed by atoms with Crippen LogP contribution in [0.25, 0.3) is 0 Å². The lowest BCUT2D eigenvalue weighted by molar-refractivity contribution is 0.411. The van der Waals surface area contributed by atoms with Crippen molar-refractivity contribution in [1.82, 2.24) is 20.4 Å². The van der Waals surface area contributed by atoms with Crippen LogP contribution >= 0.6 is 0 Å². The molecule has 0 aliphatic rings. The van der Waals surface area contributed by atoms with E-state index in [4.69, 9.17) is 4.74 Å². The maximum atomic E-state index is 5.37. The summed E-state index contributed by atoms with van der Waals surface area (Å²) in [5.41, 5.74) is 2.41. The molecule has 6 heteroatoms. The van der Waals surface area contributed by atoms with E-state index in [2.05, 4.69) is 45.8 Å². The normalized spacial score (nSPS) is 11.4. The summed E-state index contributed by atoms with van der Waals surface area (Å²) >= 11 is 0. The van der Waals surface area contributed by atoms with Crippen molar-refractivity contribution in [2.75, 3.05) is 27.2 Å². The van der Waals surface area contributed by atoms with E-state index in [1.807, 2.05) is 16.9 Å². The Bertz CT molecular complexity index is 637. The SMILES string of the molecule is CN=C(NCCCn1cccn1)NCCc1ccc(C)c(OC)c1. The number of nitrogens with one attached hydrogen (secondary N) is 2. The van der Waals surface area contributed by atoms with Gasteiger partial charge in [-0.3, -0.25) is 9.67 Å². The topological polar surface area (TPSA) is 63.5 Å². The second-order valence-electron chi connectivity index (χ2n) is 5.60. The van der Waals surface area contributed by atoms with Gasteiger partial charge in [-0.25, -0.2) is 0 Å². The molecule has 0 radical (unpaired) electrons. The van der Waals surface area contributed by atoms with Crippen molar-refractivity contribution in [3.63, 3.8) is 0 Å². The minimum atomic E-state index is 0.824. The Morgan fingerprint density at radius 1 is 1.29 bits per heavy atom. The lowest BCUT2D eigenvalue weighted by Crippen LogP contribution is -2.39. The molecule has 130 valence electrons. The fraction of sp³-hybridized carbons (Fsp3) is 0.444. The predicted octanol–water partition coefficient (Wildman–Crippen LogP) is 2.00. The minimum absolute atomic E-state index is 0.824. The summed E-state index contributed by atoms with van der Waals surface area (Å²) in [5, 5.41) is 10.9. The number of aliphatic imine (C=N–C) groups is 1. The van der Waals surface area contributed by atoms with Crippen LogP contribution in [-0.4, -0.2) is 43.0 Å². The van der Waals surface area contributed by atoms with E-state index >= 15 is 0 Å². The van der Waals surface area contributed by atoms with E-state index in [0.29, 0.717) is 0 Å². The number of hydrogen-bond acceptors (Lipinski definition) is 3. The number of aryl methyl sites for hydroxylation is 2. The van der Waals surface area contributed by atoms with Crippen LogP contribution in [-0.2, 0) is 13.0 Å². The first-order valence-corrected chi connectivity index (χ1v) is 8.28. The molecule has 2 rings (SSSR count). The highest BCUT2D eigenvalue weighted by molar-refractivity contribution is 5.79. The molecular formula is C18H27N5O. The zero-order chi connectivity index (χ0) is 17.2. The van der Waals surface area contributed by atoms with E-state index in [9.17, 15) is 0 Å². The number of aromatic nitrogens is 2. The van der Waals surface area contributed by atoms with Gasteiger partial charge >= 0.3 is 0 Å². The summed E-state index contributed by atoms with van der Waals surface area (Å²) < 4.78 is 7.30. The number of methoxy groups -OCH3 is 1. The first-order valence-electron chi connectivity index (χ1n) is 8.28. The third-order valence-electron chi connectivity index (χ3n) is 3.82. The van der Waals surface area contributed by atoms with Gasteiger partial charge in [0.2, 0.25) is 0 Å². The maximum absolute atomic E-state index is 5.37. The monoisotopic (exact) mass is 329 g/mol. The molecule has 1 aromatic heterocycles. The lowest BCUT2D eigenvalue weighted by atomic mass is 10.1. The van der Waals surface area contributed by atoms with Gasteiger partial charge in [0.1, 0.15) is 5.75 Å². The fourth-order valence-corrected chi connectivity index (χ4v) is 2.45. The number of nitrogens with zero attached hydrogens (tertiary/aromatic N) is 3. The van der Waals surface area contributed by atoms with Gasteiger partial charge in [-0.15, -0.1) is 0 Å². The van der Waals surface area contributed by atoms with Crippen LogP contribution in [0.2, 0.25) is 0 Å². The van der Waals surface area contributed by atoms with Crippen molar-refractivity contribution in [3.05, 3.63) is 47.8 Å². The molecule has 1 aromatic carbocycles. The lowest BCUT2D eigenvalue weighted by Gasteiger charge is -2.12. The van der Waals surface area contributed by atoms with Gasteiger partial charge in [0.15, 0.2) is 5.96 Å². The van der Waals surface area contributed by atoms with Crippen LogP contribution in [0.5, 0.6) is 5.75 Å². The number of ether oxygens (including phenoxy) is 1. The molecule has 0 aliphatic heterocycles. The van der Waals surface area contributed by atoms with Crippen molar-refractivity contribution in [2.45, 2.75) is 26.3 Å². The van der Waals surface area contributed by atoms with Gasteiger partial charge in [-0.05, 0) is 43.0 Å². The fourth-order valence-electron chi connectivity index (χ4n) is 2.45. The number of guanidine groups is 1. The standard InChI is InChI=1S/C18H27N5O/c1-15-6-7-16(14-17(15)24-3)8-11-21-18(19-2)20-9-4-12-23-13-5-10-22-23/h5-7,10,13-14H,4,8-9,11-12H2,1-3H3,(H2,19,20,21). The highest BCUT2D eigenvalue weighted by atomic mass is 16.5. The molecule has 0 fully saturated rings. The van der Waals surface area contributed by atoms with E-state index in [-0.39, 0.29) is 0 Å². The largest absolute Gasteiger partial charge is 0.496 e. The molecule has 1 heterocycles. The molecule has 2 aromatic rings. The molecule has 6 nitrogen and oxygen atoms in total. The summed E-state index contributed by atoms with van der Waals surface area (Å²) in [4.78, 5) is 4.25. The summed E-state index contributed by atoms with van der Waals surface area (Å²) in [5.74, 6) is 1.77. The third-order valence-corrected chi connectivity index (χ3v) is 3.82. The van der Waals surface area contributed by atoms with Crippen LogP contribution in [0.3, 0.4) is 0 Å². The van der Waals surface area contributed by atoms with E-state index in [1.54, 1.807) is 20.4 Å². The van der Waals surface area contributed by atoms with Crippen LogP contribution in [0.1, 0.15) is 17.5 Å². The number of rotatable bonds is 8. The molecule has 0 amide bonds. The van der Waals surface area contributed by atoms with E-state index in [1.165, 1.54) is 5.56 Å². The Hall–Kier alpha value is -2.50. The quantitative estimate of drug-likeness (QED) is 0.442. The molecule has 0 saturated carbocycles. The minimum Gasteiger partial charge on any atom is -0.496 e. The van der Waals surface area contributed by atoms with Crippen LogP contribution < -0.4 is 15.4 Å². The van der Waals surface area contributed by atoms with E-state index in [0.717, 1.165) is 49.7 Å². The van der Waals surface area contributed by atoms with Gasteiger partial charge in [0.05, 0.1) is 7.11 Å². The van der Waals surface area contributed by atoms with Crippen LogP contribution in [0, 0.1) is 6.92 Å². The maximum Gasteiger partial charge on any atom is 0.190 e. The van der Waals surface area contributed by atoms with Crippen LogP contribution in [0.4, 0.5) is 0 Å². The van der Waals surface area contributed by atoms with Crippen molar-refractivity contribution in [3.8, 4) is 5.75 Å². The average molecular weight is 329 g/mol. The molecule has 24 heavy (non-hydrogen) atoms. The Morgan fingerprint density at radius 2 is 2.12 bits per heavy atom. The Balaban J connectivity index is 1.67. The summed E-state index contributed by atoms with van der Waals surface area (Å²) in [6.45, 7) is 4.64. The average Bonchev–Trinajstić information content (AvgIpc) is 3.11. The van der Waals surface area contributed by atoms with Crippen molar-refractivity contribution >= 4 is 5.96 Å². The summed E-state index contributed by atoms with van der Waals surface area (Å²) in [6.07, 6.45) is 5.69. The predicted molar refractivity (Wildman–Crippen MR) is 97.6 cm³/mol. The number of benzene rings is 1. The van der Waals surface area contributed by atoms with Crippen molar-refractivity contribution in [1.29, 1.82) is 0 Å². The Labute approximate surface area is 143 Å². The highest BCUT2D eigenvalue weighted by Crippen LogP contribution is 2.18. The molecule has 0 aliphatic carbocycles. The second kappa shape index (κ2) is 9.60. The summed E-state index contributed by atoms with van der Waals surface area (Å²) in [7, 11) is 3.50. The van der Waals surface area contributed by atoms with E-state index < -0.39 is 0 Å². The molecule has 0 spiro atoms. The highest BCUT2D eigenvalue weighted by Gasteiger charge is 2.02. The van der Waals surface area contributed by atoms with Crippen molar-refractivity contribution in [2.24, 2.45) is 4.99 Å². The molecule has 0 atom stereocenters. The van der Waals surface area contributed by atoms with Gasteiger partial charge in [0.25, 0.3) is 0 Å². The van der Waals surface area contributed by atoms with Crippen molar-refractivity contribution < 1.29 is 4.74 Å². The first-order chi connectivity index (χ1) is 11.7. The molecule has 0 unspecified atom stereocenters. The summed E-state index contributed by atoms with van der Waals surface area (Å²) in [6, 6.07) is 8.27. The molecule has 2 N–H and O–H groups in total. The van der Waals surface area contributed by atoms with Crippen LogP contribution in [0.15, 0.2) is 41.7 Å². The van der Waals surface area contributed by atoms with Gasteiger partial charge in [-0.2, -0.15) is 5.10 Å². The first kappa shape index (κ1) is 17.8. The molecular weight excluding hydrogens is 302 g/mol. The third kappa shape index (κ3) is 5.61. The molecule has 0 bridgehead atoms. The van der Waals surface area contributed by atoms with Gasteiger partial charge in [0, 0.05) is 39.1 Å². The Morgan fingerprint density at radius 3 is 2.83 bits per heavy atom. The number of hydrogen-bond donors (Lipinski definition) is 2. The zero-order valence-corrected chi connectivity index (χ0v) is 14.7. The zero-order valence-electron chi connectivity index (χ0n) is 14.7. The van der Waals surface area contributed by atoms with Gasteiger partial charge in [-0.1, -0.05) is 12.1 Å². The smallest absolute Gasteiger partial charge is 0.190 e. The second-order valence-corrected chi connectivity index (χ2v) is 5.60. The van der Waals surface area contributed by atoms with Gasteiger partial charge < -0.3 is 15.4 Å².